The number of benzene rings is 2. The molecule has 0 saturated carbocycles. The van der Waals surface area contributed by atoms with E-state index in [1.54, 1.807) is 22.7 Å². The van der Waals surface area contributed by atoms with Crippen LogP contribution in [0.5, 0.6) is 0 Å². The molecule has 8 nitrogen and oxygen atoms in total. The lowest BCUT2D eigenvalue weighted by Gasteiger charge is -2.27. The minimum absolute atomic E-state index is 0.140. The smallest absolute Gasteiger partial charge is 0.350 e. The number of nitrogens with zero attached hydrogens (tertiary/aromatic N) is 4. The van der Waals surface area contributed by atoms with Gasteiger partial charge in [0.2, 0.25) is 11.8 Å². The summed E-state index contributed by atoms with van der Waals surface area (Å²) >= 11 is 0. The molecule has 2 fully saturated rings. The molecule has 0 aliphatic carbocycles. The number of hydrogen-bond donors (Lipinski definition) is 2. The van der Waals surface area contributed by atoms with Crippen molar-refractivity contribution in [3.63, 3.8) is 0 Å². The van der Waals surface area contributed by atoms with Gasteiger partial charge in [-0.2, -0.15) is 13.2 Å². The van der Waals surface area contributed by atoms with Gasteiger partial charge in [0.05, 0.1) is 17.1 Å². The number of aromatic nitrogens is 3. The Morgan fingerprint density at radius 1 is 1.16 bits per heavy atom. The van der Waals surface area contributed by atoms with E-state index < -0.39 is 17.8 Å². The molecule has 0 bridgehead atoms. The summed E-state index contributed by atoms with van der Waals surface area (Å²) in [5, 5.41) is 14.2. The maximum absolute atomic E-state index is 13.6. The standard InChI is InChI=1S/C27H31F3N6O2/c1-16-9-22(31-13-16)26(38)36-15-18(10-19-5-3-4-6-20(19)27(28,29)30)12-24(36)25(37)32-14-17-7-8-23-21(11-17)33-34-35(23)2/h3-8,11,16,18,22,24,31H,9-10,12-15H2,1-2H3,(H,32,37)/t16-,18-,22-,24+/m1/s1. The highest BCUT2D eigenvalue weighted by Gasteiger charge is 2.43. The van der Waals surface area contributed by atoms with Gasteiger partial charge >= 0.3 is 6.18 Å². The van der Waals surface area contributed by atoms with Crippen LogP contribution >= 0.6 is 0 Å². The summed E-state index contributed by atoms with van der Waals surface area (Å²) in [6.45, 7) is 3.25. The van der Waals surface area contributed by atoms with E-state index in [-0.39, 0.29) is 48.8 Å². The van der Waals surface area contributed by atoms with Crippen LogP contribution in [-0.2, 0) is 35.8 Å². The zero-order chi connectivity index (χ0) is 27.0. The highest BCUT2D eigenvalue weighted by atomic mass is 19.4. The first-order valence-corrected chi connectivity index (χ1v) is 12.8. The quantitative estimate of drug-likeness (QED) is 0.513. The number of amides is 2. The van der Waals surface area contributed by atoms with Crippen LogP contribution < -0.4 is 10.6 Å². The number of halogens is 3. The predicted octanol–water partition coefficient (Wildman–Crippen LogP) is 3.06. The molecule has 5 rings (SSSR count). The SMILES string of the molecule is C[C@H]1CN[C@@H](C(=O)N2C[C@H](Cc3ccccc3C(F)(F)F)C[C@H]2C(=O)NCc2ccc3c(c2)nnn3C)C1. The second-order valence-electron chi connectivity index (χ2n) is 10.5. The first-order valence-electron chi connectivity index (χ1n) is 12.8. The Morgan fingerprint density at radius 3 is 2.68 bits per heavy atom. The highest BCUT2D eigenvalue weighted by molar-refractivity contribution is 5.90. The average Bonchev–Trinajstić information content (AvgIpc) is 3.60. The Kier molecular flexibility index (Phi) is 7.13. The number of fused-ring (bicyclic) bond motifs is 1. The van der Waals surface area contributed by atoms with Crippen molar-refractivity contribution in [2.45, 2.75) is 51.0 Å². The van der Waals surface area contributed by atoms with Crippen LogP contribution in [0.3, 0.4) is 0 Å². The Bertz CT molecular complexity index is 1340. The molecule has 2 N–H and O–H groups in total. The number of carbonyl (C=O) groups is 2. The molecule has 4 atom stereocenters. The first kappa shape index (κ1) is 26.1. The van der Waals surface area contributed by atoms with Crippen molar-refractivity contribution in [2.75, 3.05) is 13.1 Å². The molecule has 2 aromatic carbocycles. The number of likely N-dealkylation sites (tertiary alicyclic amines) is 1. The summed E-state index contributed by atoms with van der Waals surface area (Å²) in [6.07, 6.45) is -3.35. The van der Waals surface area contributed by atoms with Crippen LogP contribution in [0, 0.1) is 11.8 Å². The van der Waals surface area contributed by atoms with Gasteiger partial charge in [0.25, 0.3) is 0 Å². The lowest BCUT2D eigenvalue weighted by molar-refractivity contribution is -0.140. The van der Waals surface area contributed by atoms with E-state index in [4.69, 9.17) is 0 Å². The van der Waals surface area contributed by atoms with Crippen LogP contribution in [0.15, 0.2) is 42.5 Å². The summed E-state index contributed by atoms with van der Waals surface area (Å²) in [6, 6.07) is 9.99. The Labute approximate surface area is 218 Å². The minimum atomic E-state index is -4.46. The number of rotatable bonds is 6. The number of nitrogens with one attached hydrogen (secondary N) is 2. The van der Waals surface area contributed by atoms with Gasteiger partial charge < -0.3 is 15.5 Å². The van der Waals surface area contributed by atoms with Crippen LogP contribution in [0.1, 0.15) is 36.5 Å². The van der Waals surface area contributed by atoms with E-state index in [2.05, 4.69) is 27.9 Å². The van der Waals surface area contributed by atoms with Gasteiger partial charge in [-0.3, -0.25) is 9.59 Å². The van der Waals surface area contributed by atoms with Gasteiger partial charge in [-0.05, 0) is 67.0 Å². The highest BCUT2D eigenvalue weighted by Crippen LogP contribution is 2.35. The van der Waals surface area contributed by atoms with Gasteiger partial charge in [-0.1, -0.05) is 36.4 Å². The molecule has 3 aromatic rings. The summed E-state index contributed by atoms with van der Waals surface area (Å²) in [4.78, 5) is 28.4. The predicted molar refractivity (Wildman–Crippen MR) is 135 cm³/mol. The largest absolute Gasteiger partial charge is 0.416 e. The molecule has 1 aromatic heterocycles. The molecule has 2 saturated heterocycles. The molecule has 2 amide bonds. The van der Waals surface area contributed by atoms with Crippen molar-refractivity contribution in [3.05, 3.63) is 59.2 Å². The second-order valence-corrected chi connectivity index (χ2v) is 10.5. The zero-order valence-electron chi connectivity index (χ0n) is 21.3. The molecular weight excluding hydrogens is 497 g/mol. The molecule has 0 radical (unpaired) electrons. The second kappa shape index (κ2) is 10.4. The molecule has 3 heterocycles. The van der Waals surface area contributed by atoms with Crippen molar-refractivity contribution in [2.24, 2.45) is 18.9 Å². The third kappa shape index (κ3) is 5.38. The Morgan fingerprint density at radius 2 is 1.95 bits per heavy atom. The number of hydrogen-bond acceptors (Lipinski definition) is 5. The number of carbonyl (C=O) groups excluding carboxylic acids is 2. The zero-order valence-corrected chi connectivity index (χ0v) is 21.3. The molecule has 2 aliphatic rings. The molecule has 11 heteroatoms. The molecule has 38 heavy (non-hydrogen) atoms. The number of alkyl halides is 3. The molecule has 2 aliphatic heterocycles. The van der Waals surface area contributed by atoms with Gasteiger partial charge in [0.1, 0.15) is 11.6 Å². The normalized spacial score (nSPS) is 23.8. The van der Waals surface area contributed by atoms with E-state index in [0.717, 1.165) is 17.1 Å². The molecule has 202 valence electrons. The first-order chi connectivity index (χ1) is 18.1. The van der Waals surface area contributed by atoms with Gasteiger partial charge in [0.15, 0.2) is 0 Å². The monoisotopic (exact) mass is 528 g/mol. The van der Waals surface area contributed by atoms with Gasteiger partial charge in [0, 0.05) is 20.1 Å². The molecular formula is C27H31F3N6O2. The number of aryl methyl sites for hydroxylation is 1. The van der Waals surface area contributed by atoms with Crippen LogP contribution in [0.4, 0.5) is 13.2 Å². The minimum Gasteiger partial charge on any atom is -0.350 e. The van der Waals surface area contributed by atoms with Gasteiger partial charge in [-0.15, -0.1) is 5.10 Å². The fourth-order valence-electron chi connectivity index (χ4n) is 5.65. The molecule has 0 unspecified atom stereocenters. The average molecular weight is 529 g/mol. The fraction of sp³-hybridized carbons (Fsp3) is 0.481. The summed E-state index contributed by atoms with van der Waals surface area (Å²) in [5.74, 6) is -0.408. The topological polar surface area (TPSA) is 92.2 Å². The molecule has 0 spiro atoms. The van der Waals surface area contributed by atoms with Crippen LogP contribution in [-0.4, -0.2) is 56.9 Å². The van der Waals surface area contributed by atoms with Crippen molar-refractivity contribution in [1.29, 1.82) is 0 Å². The maximum Gasteiger partial charge on any atom is 0.416 e. The van der Waals surface area contributed by atoms with Crippen molar-refractivity contribution < 1.29 is 22.8 Å². The van der Waals surface area contributed by atoms with Crippen molar-refractivity contribution in [1.82, 2.24) is 30.5 Å². The third-order valence-electron chi connectivity index (χ3n) is 7.60. The van der Waals surface area contributed by atoms with E-state index in [0.29, 0.717) is 30.8 Å². The van der Waals surface area contributed by atoms with E-state index >= 15 is 0 Å². The summed E-state index contributed by atoms with van der Waals surface area (Å²) < 4.78 is 42.4. The van der Waals surface area contributed by atoms with E-state index in [1.165, 1.54) is 12.1 Å². The third-order valence-corrected chi connectivity index (χ3v) is 7.60. The fourth-order valence-corrected chi connectivity index (χ4v) is 5.65. The van der Waals surface area contributed by atoms with Gasteiger partial charge in [-0.25, -0.2) is 4.68 Å². The lowest BCUT2D eigenvalue weighted by atomic mass is 9.93. The Hall–Kier alpha value is -3.47. The summed E-state index contributed by atoms with van der Waals surface area (Å²) in [5.41, 5.74) is 1.93. The van der Waals surface area contributed by atoms with E-state index in [9.17, 15) is 22.8 Å². The summed E-state index contributed by atoms with van der Waals surface area (Å²) in [7, 11) is 1.80. The van der Waals surface area contributed by atoms with Crippen molar-refractivity contribution >= 4 is 22.8 Å². The maximum atomic E-state index is 13.6. The lowest BCUT2D eigenvalue weighted by Crippen LogP contribution is -2.51. The van der Waals surface area contributed by atoms with E-state index in [1.807, 2.05) is 18.2 Å². The van der Waals surface area contributed by atoms with Crippen LogP contribution in [0.25, 0.3) is 11.0 Å². The Balaban J connectivity index is 1.32. The van der Waals surface area contributed by atoms with Crippen molar-refractivity contribution in [3.8, 4) is 0 Å². The van der Waals surface area contributed by atoms with Crippen LogP contribution in [0.2, 0.25) is 0 Å².